The van der Waals surface area contributed by atoms with Gasteiger partial charge in [0.1, 0.15) is 0 Å². The first-order valence-electron chi connectivity index (χ1n) is 7.34. The number of nitrogens with two attached hydrogens (primary N) is 1. The molecule has 1 amide bonds. The van der Waals surface area contributed by atoms with Crippen LogP contribution in [0.25, 0.3) is 0 Å². The maximum Gasteiger partial charge on any atom is 0.239 e. The quantitative estimate of drug-likeness (QED) is 0.781. The largest absolute Gasteiger partial charge is 0.341 e. The Kier molecular flexibility index (Phi) is 6.65. The SMILES string of the molecule is CCCC[C@H](N)C(=O)N(C)C1CCN(CC)CC1. The Labute approximate surface area is 111 Å². The molecule has 0 spiro atoms. The van der Waals surface area contributed by atoms with Crippen LogP contribution in [0.3, 0.4) is 0 Å². The van der Waals surface area contributed by atoms with Crippen molar-refractivity contribution < 1.29 is 4.79 Å². The van der Waals surface area contributed by atoms with Crippen molar-refractivity contribution >= 4 is 5.91 Å². The van der Waals surface area contributed by atoms with Crippen LogP contribution in [-0.2, 0) is 4.79 Å². The Morgan fingerprint density at radius 1 is 1.39 bits per heavy atom. The van der Waals surface area contributed by atoms with E-state index in [4.69, 9.17) is 5.73 Å². The molecule has 4 nitrogen and oxygen atoms in total. The lowest BCUT2D eigenvalue weighted by Crippen LogP contribution is -2.50. The summed E-state index contributed by atoms with van der Waals surface area (Å²) in [5.74, 6) is 0.124. The van der Waals surface area contributed by atoms with Crippen LogP contribution in [-0.4, -0.2) is 54.5 Å². The Morgan fingerprint density at radius 2 is 2.00 bits per heavy atom. The molecule has 0 saturated carbocycles. The van der Waals surface area contributed by atoms with Crippen LogP contribution >= 0.6 is 0 Å². The summed E-state index contributed by atoms with van der Waals surface area (Å²) in [7, 11) is 1.92. The minimum Gasteiger partial charge on any atom is -0.341 e. The van der Waals surface area contributed by atoms with Gasteiger partial charge in [0.25, 0.3) is 0 Å². The molecule has 4 heteroatoms. The first-order chi connectivity index (χ1) is 8.60. The van der Waals surface area contributed by atoms with E-state index in [9.17, 15) is 4.79 Å². The standard InChI is InChI=1S/C14H29N3O/c1-4-6-7-13(15)14(18)16(3)12-8-10-17(5-2)11-9-12/h12-13H,4-11,15H2,1-3H3/t13-/m0/s1. The highest BCUT2D eigenvalue weighted by Crippen LogP contribution is 2.16. The smallest absolute Gasteiger partial charge is 0.239 e. The van der Waals surface area contributed by atoms with E-state index >= 15 is 0 Å². The van der Waals surface area contributed by atoms with E-state index in [0.29, 0.717) is 6.04 Å². The van der Waals surface area contributed by atoms with E-state index in [0.717, 1.165) is 51.7 Å². The zero-order chi connectivity index (χ0) is 13.5. The summed E-state index contributed by atoms with van der Waals surface area (Å²) in [6.45, 7) is 7.63. The number of likely N-dealkylation sites (N-methyl/N-ethyl adjacent to an activating group) is 1. The van der Waals surface area contributed by atoms with Crippen molar-refractivity contribution in [2.75, 3.05) is 26.7 Å². The van der Waals surface area contributed by atoms with E-state index in [2.05, 4.69) is 18.7 Å². The number of hydrogen-bond acceptors (Lipinski definition) is 3. The molecule has 1 saturated heterocycles. The summed E-state index contributed by atoms with van der Waals surface area (Å²) in [6, 6.07) is 0.0760. The summed E-state index contributed by atoms with van der Waals surface area (Å²) in [6.07, 6.45) is 5.11. The Morgan fingerprint density at radius 3 is 2.50 bits per heavy atom. The van der Waals surface area contributed by atoms with Gasteiger partial charge in [0.05, 0.1) is 6.04 Å². The predicted octanol–water partition coefficient (Wildman–Crippen LogP) is 1.45. The average molecular weight is 255 g/mol. The monoisotopic (exact) mass is 255 g/mol. The molecule has 1 rings (SSSR count). The van der Waals surface area contributed by atoms with Gasteiger partial charge in [-0.05, 0) is 25.8 Å². The minimum atomic E-state index is -0.306. The highest BCUT2D eigenvalue weighted by atomic mass is 16.2. The molecule has 1 atom stereocenters. The van der Waals surface area contributed by atoms with Crippen molar-refractivity contribution in [3.05, 3.63) is 0 Å². The van der Waals surface area contributed by atoms with Crippen molar-refractivity contribution in [1.82, 2.24) is 9.80 Å². The van der Waals surface area contributed by atoms with Crippen molar-refractivity contribution in [3.63, 3.8) is 0 Å². The summed E-state index contributed by atoms with van der Waals surface area (Å²) in [4.78, 5) is 16.5. The number of hydrogen-bond donors (Lipinski definition) is 1. The molecule has 1 fully saturated rings. The Bertz CT molecular complexity index is 249. The van der Waals surface area contributed by atoms with Gasteiger partial charge in [0, 0.05) is 26.2 Å². The third-order valence-electron chi connectivity index (χ3n) is 4.09. The van der Waals surface area contributed by atoms with Crippen LogP contribution in [0.2, 0.25) is 0 Å². The molecule has 1 aliphatic rings. The lowest BCUT2D eigenvalue weighted by atomic mass is 10.0. The zero-order valence-electron chi connectivity index (χ0n) is 12.2. The number of rotatable bonds is 6. The molecule has 106 valence electrons. The van der Waals surface area contributed by atoms with E-state index in [1.807, 2.05) is 11.9 Å². The fraction of sp³-hybridized carbons (Fsp3) is 0.929. The Balaban J connectivity index is 2.39. The summed E-state index contributed by atoms with van der Waals surface area (Å²) in [5, 5.41) is 0. The highest BCUT2D eigenvalue weighted by molar-refractivity contribution is 5.81. The number of carbonyl (C=O) groups excluding carboxylic acids is 1. The van der Waals surface area contributed by atoms with Gasteiger partial charge in [0.15, 0.2) is 0 Å². The molecule has 2 N–H and O–H groups in total. The number of unbranched alkanes of at least 4 members (excludes halogenated alkanes) is 1. The van der Waals surface area contributed by atoms with E-state index in [-0.39, 0.29) is 11.9 Å². The van der Waals surface area contributed by atoms with Crippen molar-refractivity contribution in [2.45, 2.75) is 58.0 Å². The molecule has 1 heterocycles. The fourth-order valence-electron chi connectivity index (χ4n) is 2.61. The third kappa shape index (κ3) is 4.25. The van der Waals surface area contributed by atoms with Crippen LogP contribution in [0.5, 0.6) is 0 Å². The molecule has 0 aromatic rings. The van der Waals surface area contributed by atoms with Gasteiger partial charge in [0.2, 0.25) is 5.91 Å². The van der Waals surface area contributed by atoms with E-state index < -0.39 is 0 Å². The number of likely N-dealkylation sites (tertiary alicyclic amines) is 1. The van der Waals surface area contributed by atoms with E-state index in [1.165, 1.54) is 0 Å². The molecular formula is C14H29N3O. The van der Waals surface area contributed by atoms with Gasteiger partial charge in [-0.3, -0.25) is 4.79 Å². The maximum atomic E-state index is 12.2. The number of piperidine rings is 1. The second-order valence-electron chi connectivity index (χ2n) is 5.36. The van der Waals surface area contributed by atoms with Crippen LogP contribution in [0, 0.1) is 0 Å². The number of nitrogens with zero attached hydrogens (tertiary/aromatic N) is 2. The fourth-order valence-corrected chi connectivity index (χ4v) is 2.61. The predicted molar refractivity (Wildman–Crippen MR) is 75.4 cm³/mol. The van der Waals surface area contributed by atoms with Crippen LogP contribution in [0.4, 0.5) is 0 Å². The van der Waals surface area contributed by atoms with Crippen molar-refractivity contribution in [3.8, 4) is 0 Å². The third-order valence-corrected chi connectivity index (χ3v) is 4.09. The molecule has 0 aromatic carbocycles. The first-order valence-corrected chi connectivity index (χ1v) is 7.34. The molecule has 0 unspecified atom stereocenters. The van der Waals surface area contributed by atoms with Gasteiger partial charge in [-0.1, -0.05) is 26.7 Å². The summed E-state index contributed by atoms with van der Waals surface area (Å²) in [5.41, 5.74) is 5.96. The second-order valence-corrected chi connectivity index (χ2v) is 5.36. The van der Waals surface area contributed by atoms with Gasteiger partial charge >= 0.3 is 0 Å². The van der Waals surface area contributed by atoms with Gasteiger partial charge in [-0.25, -0.2) is 0 Å². The Hall–Kier alpha value is -0.610. The van der Waals surface area contributed by atoms with E-state index in [1.54, 1.807) is 0 Å². The molecular weight excluding hydrogens is 226 g/mol. The zero-order valence-corrected chi connectivity index (χ0v) is 12.2. The van der Waals surface area contributed by atoms with Crippen molar-refractivity contribution in [2.24, 2.45) is 5.73 Å². The molecule has 1 aliphatic heterocycles. The van der Waals surface area contributed by atoms with Crippen LogP contribution < -0.4 is 5.73 Å². The molecule has 0 radical (unpaired) electrons. The lowest BCUT2D eigenvalue weighted by molar-refractivity contribution is -0.134. The van der Waals surface area contributed by atoms with Crippen molar-refractivity contribution in [1.29, 1.82) is 0 Å². The number of amides is 1. The van der Waals surface area contributed by atoms with Gasteiger partial charge in [-0.2, -0.15) is 0 Å². The molecule has 0 aliphatic carbocycles. The average Bonchev–Trinajstić information content (AvgIpc) is 2.43. The number of carbonyl (C=O) groups is 1. The maximum absolute atomic E-state index is 12.2. The van der Waals surface area contributed by atoms with Crippen LogP contribution in [0.1, 0.15) is 46.0 Å². The van der Waals surface area contributed by atoms with Gasteiger partial charge in [-0.15, -0.1) is 0 Å². The molecule has 0 aromatic heterocycles. The minimum absolute atomic E-state index is 0.124. The molecule has 0 bridgehead atoms. The summed E-state index contributed by atoms with van der Waals surface area (Å²) < 4.78 is 0. The lowest BCUT2D eigenvalue weighted by Gasteiger charge is -2.37. The normalized spacial score (nSPS) is 19.8. The molecule has 18 heavy (non-hydrogen) atoms. The second kappa shape index (κ2) is 7.74. The van der Waals surface area contributed by atoms with Gasteiger partial charge < -0.3 is 15.5 Å². The highest BCUT2D eigenvalue weighted by Gasteiger charge is 2.27. The van der Waals surface area contributed by atoms with Crippen LogP contribution in [0.15, 0.2) is 0 Å². The summed E-state index contributed by atoms with van der Waals surface area (Å²) >= 11 is 0. The first kappa shape index (κ1) is 15.4. The topological polar surface area (TPSA) is 49.6 Å².